The first-order valence-corrected chi connectivity index (χ1v) is 10.0. The second-order valence-corrected chi connectivity index (χ2v) is 8.79. The average Bonchev–Trinajstić information content (AvgIpc) is 2.93. The third-order valence-electron chi connectivity index (χ3n) is 3.93. The number of hydrogen-bond acceptors (Lipinski definition) is 4. The van der Waals surface area contributed by atoms with Gasteiger partial charge in [0.2, 0.25) is 0 Å². The molecule has 1 aromatic heterocycles. The quantitative estimate of drug-likeness (QED) is 0.869. The molecule has 0 fully saturated rings. The van der Waals surface area contributed by atoms with Crippen molar-refractivity contribution in [3.63, 3.8) is 0 Å². The minimum Gasteiger partial charge on any atom is -0.291 e. The number of thiophene rings is 1. The molecule has 2 heterocycles. The second kappa shape index (κ2) is 5.91. The summed E-state index contributed by atoms with van der Waals surface area (Å²) in [6.45, 7) is 1.51. The van der Waals surface area contributed by atoms with E-state index < -0.39 is 9.84 Å². The second-order valence-electron chi connectivity index (χ2n) is 5.53. The molecule has 3 rings (SSSR count). The molecule has 0 saturated carbocycles. The Labute approximate surface area is 130 Å². The van der Waals surface area contributed by atoms with Crippen molar-refractivity contribution in [2.45, 2.75) is 12.5 Å². The number of benzene rings is 1. The van der Waals surface area contributed by atoms with Crippen LogP contribution >= 0.6 is 11.3 Å². The molecule has 0 saturated heterocycles. The fourth-order valence-corrected chi connectivity index (χ4v) is 4.39. The molecule has 5 heteroatoms. The van der Waals surface area contributed by atoms with Crippen LogP contribution in [0, 0.1) is 0 Å². The Morgan fingerprint density at radius 2 is 2.00 bits per heavy atom. The molecule has 0 radical (unpaired) electrons. The van der Waals surface area contributed by atoms with E-state index in [0.29, 0.717) is 6.54 Å². The lowest BCUT2D eigenvalue weighted by Crippen LogP contribution is -2.38. The summed E-state index contributed by atoms with van der Waals surface area (Å²) in [7, 11) is -2.93. The van der Waals surface area contributed by atoms with Crippen LogP contribution in [0.25, 0.3) is 0 Å². The molecule has 0 N–H and O–H groups in total. The van der Waals surface area contributed by atoms with Crippen LogP contribution in [0.4, 0.5) is 0 Å². The maximum atomic E-state index is 11.5. The molecule has 0 bridgehead atoms. The lowest BCUT2D eigenvalue weighted by Gasteiger charge is -2.36. The molecule has 0 spiro atoms. The van der Waals surface area contributed by atoms with E-state index in [1.165, 1.54) is 22.3 Å². The largest absolute Gasteiger partial charge is 0.291 e. The number of sulfone groups is 1. The van der Waals surface area contributed by atoms with E-state index >= 15 is 0 Å². The van der Waals surface area contributed by atoms with Crippen molar-refractivity contribution in [2.24, 2.45) is 0 Å². The van der Waals surface area contributed by atoms with Gasteiger partial charge in [0.1, 0.15) is 9.84 Å². The molecular weight excluding hydrogens is 302 g/mol. The Morgan fingerprint density at radius 1 is 1.24 bits per heavy atom. The Balaban J connectivity index is 1.93. The number of nitrogens with zero attached hydrogens (tertiary/aromatic N) is 1. The lowest BCUT2D eigenvalue weighted by molar-refractivity contribution is 0.228. The monoisotopic (exact) mass is 321 g/mol. The Kier molecular flexibility index (Phi) is 4.15. The number of fused-ring (bicyclic) bond motifs is 1. The van der Waals surface area contributed by atoms with Crippen LogP contribution in [0.3, 0.4) is 0 Å². The summed E-state index contributed by atoms with van der Waals surface area (Å²) in [5.74, 6) is 0.218. The molecule has 1 atom stereocenters. The standard InChI is InChI=1S/C16H19NO2S2/c1-21(18,19)12-10-17-9-7-15-14(8-11-20-15)16(17)13-5-3-2-4-6-13/h2-6,8,11,16H,7,9-10,12H2,1H3. The van der Waals surface area contributed by atoms with Gasteiger partial charge in [0.15, 0.2) is 0 Å². The van der Waals surface area contributed by atoms with Crippen LogP contribution in [0.15, 0.2) is 41.8 Å². The first kappa shape index (κ1) is 14.8. The summed E-state index contributed by atoms with van der Waals surface area (Å²) in [6, 6.07) is 12.7. The molecule has 0 aliphatic carbocycles. The summed E-state index contributed by atoms with van der Waals surface area (Å²) in [5.41, 5.74) is 2.58. The van der Waals surface area contributed by atoms with Crippen LogP contribution in [0.2, 0.25) is 0 Å². The van der Waals surface area contributed by atoms with Gasteiger partial charge in [-0.15, -0.1) is 11.3 Å². The zero-order valence-corrected chi connectivity index (χ0v) is 13.7. The third kappa shape index (κ3) is 3.36. The van der Waals surface area contributed by atoms with Crippen molar-refractivity contribution in [3.8, 4) is 0 Å². The molecule has 1 aliphatic heterocycles. The molecule has 1 aliphatic rings. The fourth-order valence-electron chi connectivity index (χ4n) is 2.92. The highest BCUT2D eigenvalue weighted by Gasteiger charge is 2.29. The van der Waals surface area contributed by atoms with E-state index in [9.17, 15) is 8.42 Å². The third-order valence-corrected chi connectivity index (χ3v) is 5.85. The van der Waals surface area contributed by atoms with Crippen LogP contribution in [0.1, 0.15) is 22.0 Å². The van der Waals surface area contributed by atoms with Crippen molar-refractivity contribution in [1.29, 1.82) is 0 Å². The van der Waals surface area contributed by atoms with Crippen LogP contribution in [0.5, 0.6) is 0 Å². The lowest BCUT2D eigenvalue weighted by atomic mass is 9.93. The maximum Gasteiger partial charge on any atom is 0.148 e. The van der Waals surface area contributed by atoms with Gasteiger partial charge < -0.3 is 0 Å². The van der Waals surface area contributed by atoms with E-state index in [1.807, 2.05) is 18.2 Å². The Hall–Kier alpha value is -1.17. The van der Waals surface area contributed by atoms with Crippen LogP contribution in [-0.2, 0) is 16.3 Å². The summed E-state index contributed by atoms with van der Waals surface area (Å²) in [5, 5.41) is 2.14. The van der Waals surface area contributed by atoms with Gasteiger partial charge in [-0.2, -0.15) is 0 Å². The molecular formula is C16H19NO2S2. The highest BCUT2D eigenvalue weighted by atomic mass is 32.2. The minimum absolute atomic E-state index is 0.183. The molecule has 21 heavy (non-hydrogen) atoms. The number of rotatable bonds is 4. The van der Waals surface area contributed by atoms with Crippen molar-refractivity contribution >= 4 is 21.2 Å². The van der Waals surface area contributed by atoms with Gasteiger partial charge in [-0.25, -0.2) is 8.42 Å². The average molecular weight is 321 g/mol. The predicted molar refractivity (Wildman–Crippen MR) is 87.6 cm³/mol. The number of hydrogen-bond donors (Lipinski definition) is 0. The van der Waals surface area contributed by atoms with Gasteiger partial charge in [0.05, 0.1) is 11.8 Å². The Morgan fingerprint density at radius 3 is 2.71 bits per heavy atom. The zero-order valence-electron chi connectivity index (χ0n) is 12.0. The fraction of sp³-hybridized carbons (Fsp3) is 0.375. The normalized spacial score (nSPS) is 19.4. The first-order chi connectivity index (χ1) is 10.0. The highest BCUT2D eigenvalue weighted by Crippen LogP contribution is 2.37. The topological polar surface area (TPSA) is 37.4 Å². The minimum atomic E-state index is -2.93. The van der Waals surface area contributed by atoms with Gasteiger partial charge in [-0.05, 0) is 29.0 Å². The van der Waals surface area contributed by atoms with Gasteiger partial charge in [-0.1, -0.05) is 30.3 Å². The smallest absolute Gasteiger partial charge is 0.148 e. The van der Waals surface area contributed by atoms with E-state index in [1.54, 1.807) is 11.3 Å². The first-order valence-electron chi connectivity index (χ1n) is 7.07. The van der Waals surface area contributed by atoms with Crippen molar-refractivity contribution in [2.75, 3.05) is 25.1 Å². The van der Waals surface area contributed by atoms with Crippen LogP contribution in [-0.4, -0.2) is 38.4 Å². The van der Waals surface area contributed by atoms with E-state index in [-0.39, 0.29) is 11.8 Å². The van der Waals surface area contributed by atoms with E-state index in [2.05, 4.69) is 28.5 Å². The van der Waals surface area contributed by atoms with E-state index in [0.717, 1.165) is 13.0 Å². The molecule has 1 unspecified atom stereocenters. The summed E-state index contributed by atoms with van der Waals surface area (Å²) in [6.07, 6.45) is 2.32. The van der Waals surface area contributed by atoms with Gasteiger partial charge in [0.25, 0.3) is 0 Å². The molecule has 2 aromatic rings. The highest BCUT2D eigenvalue weighted by molar-refractivity contribution is 7.90. The molecule has 3 nitrogen and oxygen atoms in total. The summed E-state index contributed by atoms with van der Waals surface area (Å²) >= 11 is 1.80. The SMILES string of the molecule is CS(=O)(=O)CCN1CCc2sccc2C1c1ccccc1. The van der Waals surface area contributed by atoms with Gasteiger partial charge in [-0.3, -0.25) is 4.90 Å². The van der Waals surface area contributed by atoms with Crippen molar-refractivity contribution < 1.29 is 8.42 Å². The van der Waals surface area contributed by atoms with Gasteiger partial charge >= 0.3 is 0 Å². The van der Waals surface area contributed by atoms with Gasteiger partial charge in [0, 0.05) is 24.2 Å². The van der Waals surface area contributed by atoms with Crippen LogP contribution < -0.4 is 0 Å². The zero-order chi connectivity index (χ0) is 14.9. The molecule has 112 valence electrons. The van der Waals surface area contributed by atoms with Crippen molar-refractivity contribution in [1.82, 2.24) is 4.90 Å². The predicted octanol–water partition coefficient (Wildman–Crippen LogP) is 2.74. The van der Waals surface area contributed by atoms with Crippen molar-refractivity contribution in [3.05, 3.63) is 57.8 Å². The maximum absolute atomic E-state index is 11.5. The summed E-state index contributed by atoms with van der Waals surface area (Å²) < 4.78 is 23.0. The molecule has 1 aromatic carbocycles. The van der Waals surface area contributed by atoms with E-state index in [4.69, 9.17) is 0 Å². The molecule has 0 amide bonds. The summed E-state index contributed by atoms with van der Waals surface area (Å²) in [4.78, 5) is 3.73. The Bertz CT molecular complexity index is 707.